The van der Waals surface area contributed by atoms with Gasteiger partial charge >= 0.3 is 0 Å². The summed E-state index contributed by atoms with van der Waals surface area (Å²) in [6, 6.07) is 7.68. The molecule has 1 unspecified atom stereocenters. The summed E-state index contributed by atoms with van der Waals surface area (Å²) < 4.78 is 0. The number of carbonyl (C=O) groups is 1. The van der Waals surface area contributed by atoms with Gasteiger partial charge in [0.25, 0.3) is 0 Å². The number of rotatable bonds is 4. The molecule has 1 aromatic rings. The first-order valence-electron chi connectivity index (χ1n) is 5.01. The molecule has 0 saturated heterocycles. The third-order valence-corrected chi connectivity index (χ3v) is 2.19. The summed E-state index contributed by atoms with van der Waals surface area (Å²) in [6.07, 6.45) is 1.42. The van der Waals surface area contributed by atoms with Gasteiger partial charge in [0.15, 0.2) is 5.78 Å². The van der Waals surface area contributed by atoms with Crippen LogP contribution < -0.4 is 5.73 Å². The number of ketones is 1. The minimum absolute atomic E-state index is 0.0617. The number of carbonyl (C=O) groups excluding carboxylic acids is 1. The summed E-state index contributed by atoms with van der Waals surface area (Å²) in [5, 5.41) is 0. The van der Waals surface area contributed by atoms with Crippen LogP contribution in [0.4, 0.5) is 0 Å². The molecule has 14 heavy (non-hydrogen) atoms. The fourth-order valence-electron chi connectivity index (χ4n) is 1.34. The fourth-order valence-corrected chi connectivity index (χ4v) is 1.34. The van der Waals surface area contributed by atoms with Crippen LogP contribution in [0.1, 0.15) is 36.2 Å². The maximum atomic E-state index is 11.6. The van der Waals surface area contributed by atoms with Gasteiger partial charge in [0.2, 0.25) is 0 Å². The van der Waals surface area contributed by atoms with Crippen LogP contribution in [-0.2, 0) is 6.42 Å². The van der Waals surface area contributed by atoms with Crippen molar-refractivity contribution >= 4 is 5.78 Å². The molecule has 2 N–H and O–H groups in total. The molecular formula is C12H17NO. The second-order valence-corrected chi connectivity index (χ2v) is 3.66. The first kappa shape index (κ1) is 10.9. The highest BCUT2D eigenvalue weighted by Crippen LogP contribution is 2.08. The quantitative estimate of drug-likeness (QED) is 0.741. The van der Waals surface area contributed by atoms with E-state index in [0.717, 1.165) is 12.0 Å². The minimum Gasteiger partial charge on any atom is -0.328 e. The van der Waals surface area contributed by atoms with Gasteiger partial charge in [-0.15, -0.1) is 0 Å². The van der Waals surface area contributed by atoms with Crippen molar-refractivity contribution in [3.63, 3.8) is 0 Å². The lowest BCUT2D eigenvalue weighted by Gasteiger charge is -2.04. The van der Waals surface area contributed by atoms with Gasteiger partial charge in [-0.1, -0.05) is 31.2 Å². The van der Waals surface area contributed by atoms with Gasteiger partial charge in [-0.3, -0.25) is 4.79 Å². The van der Waals surface area contributed by atoms with E-state index in [2.05, 4.69) is 6.92 Å². The molecule has 0 fully saturated rings. The van der Waals surface area contributed by atoms with Gasteiger partial charge in [0.05, 0.1) is 0 Å². The van der Waals surface area contributed by atoms with Crippen LogP contribution in [0.5, 0.6) is 0 Å². The Kier molecular flexibility index (Phi) is 3.84. The lowest BCUT2D eigenvalue weighted by molar-refractivity contribution is 0.0976. The van der Waals surface area contributed by atoms with Crippen LogP contribution in [0, 0.1) is 0 Å². The molecule has 0 radical (unpaired) electrons. The molecule has 0 aromatic heterocycles. The summed E-state index contributed by atoms with van der Waals surface area (Å²) in [7, 11) is 0. The number of hydrogen-bond donors (Lipinski definition) is 1. The molecule has 0 spiro atoms. The third-order valence-electron chi connectivity index (χ3n) is 2.19. The van der Waals surface area contributed by atoms with Crippen LogP contribution in [0.15, 0.2) is 24.3 Å². The van der Waals surface area contributed by atoms with Crippen LogP contribution in [-0.4, -0.2) is 11.8 Å². The molecular weight excluding hydrogens is 174 g/mol. The van der Waals surface area contributed by atoms with Gasteiger partial charge in [0, 0.05) is 18.0 Å². The van der Waals surface area contributed by atoms with Crippen molar-refractivity contribution in [3.05, 3.63) is 35.4 Å². The number of Topliss-reactive ketones (excluding diaryl/α,β-unsaturated/α-hetero) is 1. The lowest BCUT2D eigenvalue weighted by Crippen LogP contribution is -2.19. The van der Waals surface area contributed by atoms with Gasteiger partial charge in [-0.2, -0.15) is 0 Å². The zero-order chi connectivity index (χ0) is 10.6. The summed E-state index contributed by atoms with van der Waals surface area (Å²) in [5.74, 6) is 0.127. The van der Waals surface area contributed by atoms with E-state index in [9.17, 15) is 4.79 Å². The highest BCUT2D eigenvalue weighted by molar-refractivity contribution is 5.96. The Balaban J connectivity index is 2.71. The zero-order valence-electron chi connectivity index (χ0n) is 8.79. The fraction of sp³-hybridized carbons (Fsp3) is 0.417. The van der Waals surface area contributed by atoms with Crippen LogP contribution in [0.3, 0.4) is 0 Å². The largest absolute Gasteiger partial charge is 0.328 e. The average Bonchev–Trinajstić information content (AvgIpc) is 2.17. The van der Waals surface area contributed by atoms with E-state index < -0.39 is 0 Å². The summed E-state index contributed by atoms with van der Waals surface area (Å²) in [5.41, 5.74) is 7.58. The van der Waals surface area contributed by atoms with Gasteiger partial charge < -0.3 is 5.73 Å². The van der Waals surface area contributed by atoms with Crippen molar-refractivity contribution < 1.29 is 4.79 Å². The highest BCUT2D eigenvalue weighted by atomic mass is 16.1. The second-order valence-electron chi connectivity index (χ2n) is 3.66. The first-order valence-corrected chi connectivity index (χ1v) is 5.01. The smallest absolute Gasteiger partial charge is 0.164 e. The van der Waals surface area contributed by atoms with E-state index in [1.807, 2.05) is 31.2 Å². The molecule has 76 valence electrons. The van der Waals surface area contributed by atoms with Crippen LogP contribution >= 0.6 is 0 Å². The van der Waals surface area contributed by atoms with Crippen molar-refractivity contribution in [2.75, 3.05) is 0 Å². The molecule has 0 aliphatic rings. The minimum atomic E-state index is -0.0617. The molecule has 0 heterocycles. The number of nitrogens with two attached hydrogens (primary N) is 1. The topological polar surface area (TPSA) is 43.1 Å². The molecule has 0 aliphatic carbocycles. The number of aryl methyl sites for hydroxylation is 1. The summed E-state index contributed by atoms with van der Waals surface area (Å²) >= 11 is 0. The average molecular weight is 191 g/mol. The normalized spacial score (nSPS) is 12.5. The van der Waals surface area contributed by atoms with Gasteiger partial charge in [0.1, 0.15) is 0 Å². The maximum absolute atomic E-state index is 11.6. The molecule has 1 atom stereocenters. The Morgan fingerprint density at radius 2 is 1.93 bits per heavy atom. The standard InChI is InChI=1S/C12H17NO/c1-3-10-4-6-11(7-5-10)12(14)8-9(2)13/h4-7,9H,3,8,13H2,1-2H3. The third kappa shape index (κ3) is 2.96. The predicted molar refractivity (Wildman–Crippen MR) is 58.4 cm³/mol. The molecule has 0 amide bonds. The van der Waals surface area contributed by atoms with Crippen molar-refractivity contribution in [3.8, 4) is 0 Å². The van der Waals surface area contributed by atoms with E-state index in [1.165, 1.54) is 5.56 Å². The van der Waals surface area contributed by atoms with Gasteiger partial charge in [-0.25, -0.2) is 0 Å². The Morgan fingerprint density at radius 1 is 1.36 bits per heavy atom. The second kappa shape index (κ2) is 4.91. The van der Waals surface area contributed by atoms with Gasteiger partial charge in [-0.05, 0) is 18.9 Å². The van der Waals surface area contributed by atoms with Crippen molar-refractivity contribution in [1.82, 2.24) is 0 Å². The van der Waals surface area contributed by atoms with Crippen molar-refractivity contribution in [2.24, 2.45) is 5.73 Å². The van der Waals surface area contributed by atoms with Crippen molar-refractivity contribution in [2.45, 2.75) is 32.7 Å². The molecule has 0 aliphatic heterocycles. The molecule has 2 heteroatoms. The molecule has 0 saturated carbocycles. The Labute approximate surface area is 85.1 Å². The van der Waals surface area contributed by atoms with E-state index in [1.54, 1.807) is 0 Å². The van der Waals surface area contributed by atoms with E-state index in [-0.39, 0.29) is 11.8 Å². The Hall–Kier alpha value is -1.15. The predicted octanol–water partition coefficient (Wildman–Crippen LogP) is 2.17. The Bertz CT molecular complexity index is 301. The molecule has 2 nitrogen and oxygen atoms in total. The first-order chi connectivity index (χ1) is 6.63. The molecule has 0 bridgehead atoms. The zero-order valence-corrected chi connectivity index (χ0v) is 8.79. The molecule has 1 rings (SSSR count). The summed E-state index contributed by atoms with van der Waals surface area (Å²) in [4.78, 5) is 11.6. The van der Waals surface area contributed by atoms with Crippen LogP contribution in [0.25, 0.3) is 0 Å². The summed E-state index contributed by atoms with van der Waals surface area (Å²) in [6.45, 7) is 3.94. The molecule has 1 aromatic carbocycles. The maximum Gasteiger partial charge on any atom is 0.164 e. The SMILES string of the molecule is CCc1ccc(C(=O)CC(C)N)cc1. The van der Waals surface area contributed by atoms with E-state index in [0.29, 0.717) is 6.42 Å². The van der Waals surface area contributed by atoms with E-state index in [4.69, 9.17) is 5.73 Å². The lowest BCUT2D eigenvalue weighted by atomic mass is 10.0. The number of benzene rings is 1. The van der Waals surface area contributed by atoms with E-state index >= 15 is 0 Å². The highest BCUT2D eigenvalue weighted by Gasteiger charge is 2.07. The monoisotopic (exact) mass is 191 g/mol. The van der Waals surface area contributed by atoms with Crippen LogP contribution in [0.2, 0.25) is 0 Å². The number of hydrogen-bond acceptors (Lipinski definition) is 2. The Morgan fingerprint density at radius 3 is 2.36 bits per heavy atom. The van der Waals surface area contributed by atoms with Crippen molar-refractivity contribution in [1.29, 1.82) is 0 Å².